The molecule has 0 bridgehead atoms. The number of hydrogen-bond acceptors (Lipinski definition) is 8. The molecule has 13 heteroatoms. The molecule has 1 aromatic rings. The predicted molar refractivity (Wildman–Crippen MR) is 141 cm³/mol. The second kappa shape index (κ2) is 11.3. The SMILES string of the molecule is C[C@](O)(c1ccc(N2CCN(S(=O)(=O)C3=CC=CCC3=S)C[C@H]2CN2CCO[C@H](CO)C2)cc1)C(F)(F)F. The minimum Gasteiger partial charge on any atom is -0.394 e. The van der Waals surface area contributed by atoms with Gasteiger partial charge in [0.05, 0.1) is 30.3 Å². The Labute approximate surface area is 226 Å². The van der Waals surface area contributed by atoms with E-state index in [0.717, 1.165) is 0 Å². The van der Waals surface area contributed by atoms with E-state index in [1.165, 1.54) is 34.6 Å². The molecule has 210 valence electrons. The Morgan fingerprint density at radius 1 is 1.13 bits per heavy atom. The molecule has 0 radical (unpaired) electrons. The normalized spacial score (nSPS) is 25.8. The summed E-state index contributed by atoms with van der Waals surface area (Å²) in [6.07, 6.45) is 0.200. The number of thiocarbonyl (C=S) groups is 1. The standard InChI is InChI=1S/C25H32F3N3O5S2/c1-24(33,25(26,27)28)18-6-8-19(9-7-18)31-11-10-30(38(34,35)23-5-3-2-4-22(23)37)15-20(31)14-29-12-13-36-21(16-29)17-32/h2-3,5-9,20-21,32-33H,4,10-17H2,1H3/t20-,21+,24+/m1/s1. The van der Waals surface area contributed by atoms with Gasteiger partial charge in [0.2, 0.25) is 10.0 Å². The maximum atomic E-state index is 13.5. The van der Waals surface area contributed by atoms with Crippen LogP contribution in [-0.4, -0.2) is 104 Å². The number of piperazine rings is 1. The van der Waals surface area contributed by atoms with Gasteiger partial charge < -0.3 is 19.8 Å². The first-order valence-corrected chi connectivity index (χ1v) is 14.2. The topological polar surface area (TPSA) is 93.6 Å². The highest BCUT2D eigenvalue weighted by Crippen LogP contribution is 2.39. The van der Waals surface area contributed by atoms with E-state index in [1.54, 1.807) is 12.2 Å². The zero-order valence-corrected chi connectivity index (χ0v) is 22.6. The van der Waals surface area contributed by atoms with E-state index in [1.807, 2.05) is 4.90 Å². The largest absolute Gasteiger partial charge is 0.421 e. The molecule has 0 unspecified atom stereocenters. The lowest BCUT2D eigenvalue weighted by molar-refractivity contribution is -0.258. The molecule has 2 fully saturated rings. The quantitative estimate of drug-likeness (QED) is 0.478. The van der Waals surface area contributed by atoms with Gasteiger partial charge in [-0.1, -0.05) is 36.5 Å². The van der Waals surface area contributed by atoms with Gasteiger partial charge in [-0.3, -0.25) is 4.90 Å². The summed E-state index contributed by atoms with van der Waals surface area (Å²) in [7, 11) is -3.84. The van der Waals surface area contributed by atoms with Crippen molar-refractivity contribution in [2.45, 2.75) is 37.3 Å². The highest BCUT2D eigenvalue weighted by atomic mass is 32.2. The van der Waals surface area contributed by atoms with Crippen LogP contribution in [-0.2, 0) is 20.4 Å². The van der Waals surface area contributed by atoms with Crippen molar-refractivity contribution in [2.75, 3.05) is 57.4 Å². The molecular weight excluding hydrogens is 543 g/mol. The van der Waals surface area contributed by atoms with Crippen LogP contribution in [0.2, 0.25) is 0 Å². The number of allylic oxidation sites excluding steroid dienone is 4. The lowest BCUT2D eigenvalue weighted by atomic mass is 9.95. The maximum Gasteiger partial charge on any atom is 0.421 e. The molecule has 1 aromatic carbocycles. The number of morpholine rings is 1. The second-order valence-electron chi connectivity index (χ2n) is 9.85. The summed E-state index contributed by atoms with van der Waals surface area (Å²) in [5, 5.41) is 19.6. The van der Waals surface area contributed by atoms with Crippen molar-refractivity contribution in [3.8, 4) is 0 Å². The first-order chi connectivity index (χ1) is 17.8. The minimum atomic E-state index is -4.83. The summed E-state index contributed by atoms with van der Waals surface area (Å²) in [4.78, 5) is 4.55. The van der Waals surface area contributed by atoms with Crippen molar-refractivity contribution >= 4 is 32.8 Å². The van der Waals surface area contributed by atoms with Crippen molar-refractivity contribution in [3.63, 3.8) is 0 Å². The van der Waals surface area contributed by atoms with Crippen molar-refractivity contribution in [1.29, 1.82) is 0 Å². The van der Waals surface area contributed by atoms with Gasteiger partial charge in [-0.2, -0.15) is 17.5 Å². The predicted octanol–water partition coefficient (Wildman–Crippen LogP) is 2.18. The molecule has 8 nitrogen and oxygen atoms in total. The number of alkyl halides is 3. The van der Waals surface area contributed by atoms with Crippen molar-refractivity contribution in [3.05, 3.63) is 53.0 Å². The summed E-state index contributed by atoms with van der Waals surface area (Å²) < 4.78 is 73.9. The van der Waals surface area contributed by atoms with Gasteiger partial charge in [-0.25, -0.2) is 8.42 Å². The molecule has 2 saturated heterocycles. The van der Waals surface area contributed by atoms with Gasteiger partial charge in [-0.05, 0) is 30.7 Å². The van der Waals surface area contributed by atoms with E-state index in [0.29, 0.717) is 56.7 Å². The van der Waals surface area contributed by atoms with Crippen LogP contribution in [0, 0.1) is 0 Å². The molecule has 4 rings (SSSR count). The third-order valence-corrected chi connectivity index (χ3v) is 9.70. The molecule has 0 aromatic heterocycles. The van der Waals surface area contributed by atoms with Gasteiger partial charge in [0, 0.05) is 56.2 Å². The second-order valence-corrected chi connectivity index (χ2v) is 12.2. The van der Waals surface area contributed by atoms with Gasteiger partial charge >= 0.3 is 6.18 Å². The van der Waals surface area contributed by atoms with E-state index in [2.05, 4.69) is 4.90 Å². The van der Waals surface area contributed by atoms with Crippen molar-refractivity contribution in [1.82, 2.24) is 9.21 Å². The Kier molecular flexibility index (Phi) is 8.67. The Bertz CT molecular complexity index is 1190. The molecule has 0 spiro atoms. The molecule has 3 aliphatic rings. The Balaban J connectivity index is 1.60. The molecule has 3 atom stereocenters. The third kappa shape index (κ3) is 5.98. The number of nitrogens with zero attached hydrogens (tertiary/aromatic N) is 3. The molecule has 2 N–H and O–H groups in total. The number of rotatable bonds is 7. The van der Waals surface area contributed by atoms with Crippen LogP contribution in [0.15, 0.2) is 47.4 Å². The van der Waals surface area contributed by atoms with E-state index in [9.17, 15) is 31.8 Å². The summed E-state index contributed by atoms with van der Waals surface area (Å²) >= 11 is 5.32. The lowest BCUT2D eigenvalue weighted by Gasteiger charge is -2.45. The highest BCUT2D eigenvalue weighted by molar-refractivity contribution is 7.96. The average Bonchev–Trinajstić information content (AvgIpc) is 2.88. The van der Waals surface area contributed by atoms with Crippen LogP contribution >= 0.6 is 12.2 Å². The monoisotopic (exact) mass is 575 g/mol. The van der Waals surface area contributed by atoms with Crippen LogP contribution in [0.4, 0.5) is 18.9 Å². The summed E-state index contributed by atoms with van der Waals surface area (Å²) in [6, 6.07) is 5.20. The zero-order valence-electron chi connectivity index (χ0n) is 21.0. The highest BCUT2D eigenvalue weighted by Gasteiger charge is 2.51. The Hall–Kier alpha value is -1.87. The van der Waals surface area contributed by atoms with Gasteiger partial charge in [0.1, 0.15) is 0 Å². The molecular formula is C25H32F3N3O5S2. The first-order valence-electron chi connectivity index (χ1n) is 12.4. The summed E-state index contributed by atoms with van der Waals surface area (Å²) in [5.41, 5.74) is -2.65. The molecule has 0 amide bonds. The fraction of sp³-hybridized carbons (Fsp3) is 0.560. The van der Waals surface area contributed by atoms with E-state index < -0.39 is 21.8 Å². The Morgan fingerprint density at radius 3 is 2.47 bits per heavy atom. The summed E-state index contributed by atoms with van der Waals surface area (Å²) in [5.74, 6) is 0. The fourth-order valence-corrected chi connectivity index (χ4v) is 7.00. The van der Waals surface area contributed by atoms with Crippen LogP contribution in [0.1, 0.15) is 18.9 Å². The average molecular weight is 576 g/mol. The number of halogens is 3. The number of aliphatic hydroxyl groups is 2. The molecule has 38 heavy (non-hydrogen) atoms. The van der Waals surface area contributed by atoms with Gasteiger partial charge in [0.25, 0.3) is 0 Å². The van der Waals surface area contributed by atoms with Crippen LogP contribution in [0.5, 0.6) is 0 Å². The summed E-state index contributed by atoms with van der Waals surface area (Å²) in [6.45, 7) is 3.16. The number of hydrogen-bond donors (Lipinski definition) is 2. The Morgan fingerprint density at radius 2 is 1.84 bits per heavy atom. The van der Waals surface area contributed by atoms with Gasteiger partial charge in [0.15, 0.2) is 5.60 Å². The van der Waals surface area contributed by atoms with E-state index in [-0.39, 0.29) is 42.3 Å². The van der Waals surface area contributed by atoms with Crippen LogP contribution in [0.25, 0.3) is 0 Å². The minimum absolute atomic E-state index is 0.118. The third-order valence-electron chi connectivity index (χ3n) is 7.23. The molecule has 2 heterocycles. The molecule has 1 aliphatic carbocycles. The van der Waals surface area contributed by atoms with Gasteiger partial charge in [-0.15, -0.1) is 0 Å². The van der Waals surface area contributed by atoms with Crippen LogP contribution in [0.3, 0.4) is 0 Å². The number of ether oxygens (including phenoxy) is 1. The molecule has 2 aliphatic heterocycles. The number of aliphatic hydroxyl groups excluding tert-OH is 1. The number of sulfonamides is 1. The number of anilines is 1. The van der Waals surface area contributed by atoms with Crippen molar-refractivity contribution < 1.29 is 36.5 Å². The van der Waals surface area contributed by atoms with E-state index >= 15 is 0 Å². The number of benzene rings is 1. The van der Waals surface area contributed by atoms with E-state index in [4.69, 9.17) is 17.0 Å². The lowest BCUT2D eigenvalue weighted by Crippen LogP contribution is -2.60. The first kappa shape index (κ1) is 29.1. The maximum absolute atomic E-state index is 13.5. The van der Waals surface area contributed by atoms with Crippen molar-refractivity contribution in [2.24, 2.45) is 0 Å². The fourth-order valence-electron chi connectivity index (χ4n) is 4.93. The smallest absolute Gasteiger partial charge is 0.394 e. The molecule has 0 saturated carbocycles. The zero-order chi connectivity index (χ0) is 27.7. The van der Waals surface area contributed by atoms with Crippen LogP contribution < -0.4 is 4.90 Å².